The molecule has 25 heavy (non-hydrogen) atoms. The van der Waals surface area contributed by atoms with Gasteiger partial charge in [-0.2, -0.15) is 0 Å². The molecule has 4 rings (SSSR count). The normalized spacial score (nSPS) is 12.6. The van der Waals surface area contributed by atoms with Crippen molar-refractivity contribution in [1.82, 2.24) is 0 Å². The number of hydrogen-bond acceptors (Lipinski definition) is 5. The van der Waals surface area contributed by atoms with Gasteiger partial charge in [0, 0.05) is 17.7 Å². The summed E-state index contributed by atoms with van der Waals surface area (Å²) in [6.45, 7) is 2.83. The van der Waals surface area contributed by atoms with Crippen molar-refractivity contribution in [3.05, 3.63) is 51.1 Å². The third-order valence-corrected chi connectivity index (χ3v) is 4.52. The number of rotatable bonds is 4. The van der Waals surface area contributed by atoms with Crippen LogP contribution in [0, 0.1) is 0 Å². The largest absolute Gasteiger partial charge is 0.492 e. The highest BCUT2D eigenvalue weighted by Crippen LogP contribution is 2.37. The Labute approximate surface area is 152 Å². The van der Waals surface area contributed by atoms with Gasteiger partial charge in [-0.3, -0.25) is 4.79 Å². The van der Waals surface area contributed by atoms with Gasteiger partial charge in [0.1, 0.15) is 17.1 Å². The molecule has 0 aliphatic carbocycles. The van der Waals surface area contributed by atoms with Crippen molar-refractivity contribution >= 4 is 26.9 Å². The molecule has 2 aromatic carbocycles. The summed E-state index contributed by atoms with van der Waals surface area (Å²) in [7, 11) is 0. The topological polar surface area (TPSA) is 57.9 Å². The molecule has 0 N–H and O–H groups in total. The first-order chi connectivity index (χ1) is 12.2. The Morgan fingerprint density at radius 3 is 2.80 bits per heavy atom. The summed E-state index contributed by atoms with van der Waals surface area (Å²) >= 11 is 3.44. The maximum atomic E-state index is 12.5. The molecule has 6 heteroatoms. The standard InChI is InChI=1S/C19H15BrO5/c1-2-5-22-18-9-17-12(7-13(18)20)14(21)8-16(25-17)11-3-4-15-19(6-11)24-10-23-15/h3-4,6-9H,2,5,10H2,1H3. The van der Waals surface area contributed by atoms with E-state index in [-0.39, 0.29) is 12.2 Å². The van der Waals surface area contributed by atoms with Crippen LogP contribution in [-0.4, -0.2) is 13.4 Å². The molecule has 1 aliphatic heterocycles. The summed E-state index contributed by atoms with van der Waals surface area (Å²) in [6, 6.07) is 10.4. The molecule has 0 fully saturated rings. The second kappa shape index (κ2) is 6.44. The number of fused-ring (bicyclic) bond motifs is 2. The van der Waals surface area contributed by atoms with Gasteiger partial charge in [-0.05, 0) is 46.6 Å². The second-order valence-electron chi connectivity index (χ2n) is 5.67. The van der Waals surface area contributed by atoms with E-state index in [4.69, 9.17) is 18.6 Å². The van der Waals surface area contributed by atoms with Crippen molar-refractivity contribution in [2.24, 2.45) is 0 Å². The molecule has 3 aromatic rings. The number of hydrogen-bond donors (Lipinski definition) is 0. The van der Waals surface area contributed by atoms with E-state index in [0.717, 1.165) is 16.5 Å². The first-order valence-corrected chi connectivity index (χ1v) is 8.75. The SMILES string of the molecule is CCCOc1cc2oc(-c3ccc4c(c3)OCO4)cc(=O)c2cc1Br. The highest BCUT2D eigenvalue weighted by molar-refractivity contribution is 9.10. The average Bonchev–Trinajstić information content (AvgIpc) is 3.08. The lowest BCUT2D eigenvalue weighted by Crippen LogP contribution is -2.02. The Kier molecular flexibility index (Phi) is 4.13. The third-order valence-electron chi connectivity index (χ3n) is 3.90. The lowest BCUT2D eigenvalue weighted by Gasteiger charge is -2.09. The summed E-state index contributed by atoms with van der Waals surface area (Å²) < 4.78 is 23.1. The number of benzene rings is 2. The van der Waals surface area contributed by atoms with Gasteiger partial charge in [0.05, 0.1) is 16.5 Å². The number of ether oxygens (including phenoxy) is 3. The first-order valence-electron chi connectivity index (χ1n) is 7.96. The van der Waals surface area contributed by atoms with Crippen molar-refractivity contribution in [2.45, 2.75) is 13.3 Å². The molecule has 0 spiro atoms. The zero-order valence-corrected chi connectivity index (χ0v) is 15.1. The van der Waals surface area contributed by atoms with E-state index in [0.29, 0.717) is 40.6 Å². The van der Waals surface area contributed by atoms with E-state index in [1.807, 2.05) is 13.0 Å². The fourth-order valence-electron chi connectivity index (χ4n) is 2.67. The zero-order valence-electron chi connectivity index (χ0n) is 13.5. The molecule has 0 saturated heterocycles. The Balaban J connectivity index is 1.82. The minimum Gasteiger partial charge on any atom is -0.492 e. The summed E-state index contributed by atoms with van der Waals surface area (Å²) in [6.07, 6.45) is 0.895. The van der Waals surface area contributed by atoms with Gasteiger partial charge in [0.25, 0.3) is 0 Å². The highest BCUT2D eigenvalue weighted by atomic mass is 79.9. The molecular weight excluding hydrogens is 388 g/mol. The fourth-order valence-corrected chi connectivity index (χ4v) is 3.13. The van der Waals surface area contributed by atoms with Gasteiger partial charge >= 0.3 is 0 Å². The van der Waals surface area contributed by atoms with Gasteiger partial charge in [-0.15, -0.1) is 0 Å². The van der Waals surface area contributed by atoms with Crippen LogP contribution >= 0.6 is 15.9 Å². The predicted octanol–water partition coefficient (Wildman–Crippen LogP) is 4.74. The predicted molar refractivity (Wildman–Crippen MR) is 97.5 cm³/mol. The molecule has 5 nitrogen and oxygen atoms in total. The van der Waals surface area contributed by atoms with Gasteiger partial charge in [-0.25, -0.2) is 0 Å². The second-order valence-corrected chi connectivity index (χ2v) is 6.52. The fraction of sp³-hybridized carbons (Fsp3) is 0.211. The average molecular weight is 403 g/mol. The maximum absolute atomic E-state index is 12.5. The van der Waals surface area contributed by atoms with Gasteiger partial charge < -0.3 is 18.6 Å². The van der Waals surface area contributed by atoms with Crippen LogP contribution in [-0.2, 0) is 0 Å². The van der Waals surface area contributed by atoms with E-state index in [9.17, 15) is 4.79 Å². The smallest absolute Gasteiger partial charge is 0.231 e. The molecule has 0 atom stereocenters. The van der Waals surface area contributed by atoms with E-state index in [2.05, 4.69) is 15.9 Å². The molecule has 0 saturated carbocycles. The third kappa shape index (κ3) is 2.98. The molecular formula is C19H15BrO5. The minimum absolute atomic E-state index is 0.114. The summed E-state index contributed by atoms with van der Waals surface area (Å²) in [5.41, 5.74) is 1.12. The van der Waals surface area contributed by atoms with Crippen LogP contribution in [0.2, 0.25) is 0 Å². The van der Waals surface area contributed by atoms with Crippen LogP contribution < -0.4 is 19.6 Å². The van der Waals surface area contributed by atoms with Gasteiger partial charge in [0.15, 0.2) is 16.9 Å². The minimum atomic E-state index is -0.114. The van der Waals surface area contributed by atoms with Crippen molar-refractivity contribution in [2.75, 3.05) is 13.4 Å². The molecule has 1 aliphatic rings. The Bertz CT molecular complexity index is 1010. The van der Waals surface area contributed by atoms with Crippen molar-refractivity contribution in [3.8, 4) is 28.6 Å². The van der Waals surface area contributed by atoms with E-state index >= 15 is 0 Å². The first kappa shape index (κ1) is 16.0. The van der Waals surface area contributed by atoms with Crippen LogP contribution in [0.3, 0.4) is 0 Å². The van der Waals surface area contributed by atoms with Crippen LogP contribution in [0.15, 0.2) is 50.1 Å². The van der Waals surface area contributed by atoms with Crippen molar-refractivity contribution in [3.63, 3.8) is 0 Å². The van der Waals surface area contributed by atoms with Gasteiger partial charge in [-0.1, -0.05) is 6.92 Å². The molecule has 0 radical (unpaired) electrons. The van der Waals surface area contributed by atoms with Crippen molar-refractivity contribution < 1.29 is 18.6 Å². The summed E-state index contributed by atoms with van der Waals surface area (Å²) in [5.74, 6) is 2.45. The zero-order chi connectivity index (χ0) is 17.4. The Hall–Kier alpha value is -2.47. The lowest BCUT2D eigenvalue weighted by molar-refractivity contribution is 0.174. The quantitative estimate of drug-likeness (QED) is 0.630. The van der Waals surface area contributed by atoms with E-state index in [1.54, 1.807) is 24.3 Å². The molecule has 0 amide bonds. The highest BCUT2D eigenvalue weighted by Gasteiger charge is 2.16. The van der Waals surface area contributed by atoms with Crippen LogP contribution in [0.1, 0.15) is 13.3 Å². The van der Waals surface area contributed by atoms with Crippen LogP contribution in [0.5, 0.6) is 17.2 Å². The monoisotopic (exact) mass is 402 g/mol. The van der Waals surface area contributed by atoms with Gasteiger partial charge in [0.2, 0.25) is 6.79 Å². The van der Waals surface area contributed by atoms with E-state index < -0.39 is 0 Å². The molecule has 2 heterocycles. The maximum Gasteiger partial charge on any atom is 0.231 e. The number of halogens is 1. The Morgan fingerprint density at radius 1 is 1.12 bits per heavy atom. The summed E-state index contributed by atoms with van der Waals surface area (Å²) in [5, 5.41) is 0.500. The molecule has 1 aromatic heterocycles. The molecule has 0 unspecified atom stereocenters. The molecule has 0 bridgehead atoms. The van der Waals surface area contributed by atoms with Crippen LogP contribution in [0.4, 0.5) is 0 Å². The molecule has 128 valence electrons. The summed E-state index contributed by atoms with van der Waals surface area (Å²) in [4.78, 5) is 12.5. The van der Waals surface area contributed by atoms with Crippen molar-refractivity contribution in [1.29, 1.82) is 0 Å². The van der Waals surface area contributed by atoms with E-state index in [1.165, 1.54) is 6.07 Å². The lowest BCUT2D eigenvalue weighted by atomic mass is 10.1. The van der Waals surface area contributed by atoms with Crippen LogP contribution in [0.25, 0.3) is 22.3 Å². The Morgan fingerprint density at radius 2 is 1.96 bits per heavy atom.